The van der Waals surface area contributed by atoms with Crippen LogP contribution in [0, 0.1) is 5.41 Å². The summed E-state index contributed by atoms with van der Waals surface area (Å²) in [5.41, 5.74) is 1.38. The summed E-state index contributed by atoms with van der Waals surface area (Å²) in [6.45, 7) is 4.99. The third-order valence-electron chi connectivity index (χ3n) is 6.83. The number of amides is 1. The van der Waals surface area contributed by atoms with Crippen LogP contribution in [0.3, 0.4) is 0 Å². The molecule has 1 saturated carbocycles. The fourth-order valence-electron chi connectivity index (χ4n) is 5.14. The maximum Gasteiger partial charge on any atom is 0.227 e. The molecule has 1 aliphatic heterocycles. The molecule has 1 saturated heterocycles. The number of aliphatic hydroxyl groups excluding tert-OH is 1. The van der Waals surface area contributed by atoms with Crippen molar-refractivity contribution in [2.75, 3.05) is 26.7 Å². The number of likely N-dealkylation sites (tertiary alicyclic amines) is 1. The van der Waals surface area contributed by atoms with Crippen LogP contribution in [0.5, 0.6) is 0 Å². The largest absolute Gasteiger partial charge is 0.396 e. The predicted molar refractivity (Wildman–Crippen MR) is 110 cm³/mol. The number of hydrogen-bond acceptors (Lipinski definition) is 3. The van der Waals surface area contributed by atoms with Crippen LogP contribution in [0.1, 0.15) is 57.4 Å². The summed E-state index contributed by atoms with van der Waals surface area (Å²) in [5.74, 6) is 0.231. The first kappa shape index (κ1) is 20.3. The van der Waals surface area contributed by atoms with E-state index in [1.54, 1.807) is 0 Å². The molecule has 150 valence electrons. The monoisotopic (exact) mass is 372 g/mol. The van der Waals surface area contributed by atoms with Crippen LogP contribution in [0.4, 0.5) is 0 Å². The normalized spacial score (nSPS) is 29.0. The molecule has 2 fully saturated rings. The second-order valence-corrected chi connectivity index (χ2v) is 8.93. The lowest BCUT2D eigenvalue weighted by atomic mass is 9.68. The highest BCUT2D eigenvalue weighted by Crippen LogP contribution is 2.43. The van der Waals surface area contributed by atoms with E-state index >= 15 is 0 Å². The molecule has 1 aromatic carbocycles. The van der Waals surface area contributed by atoms with E-state index in [1.807, 2.05) is 42.3 Å². The number of hydrogen-bond donors (Lipinski definition) is 1. The van der Waals surface area contributed by atoms with Gasteiger partial charge in [0.1, 0.15) is 0 Å². The Bertz CT molecular complexity index is 600. The molecule has 1 aliphatic carbocycles. The molecule has 0 aromatic heterocycles. The van der Waals surface area contributed by atoms with Crippen LogP contribution in [-0.2, 0) is 11.2 Å². The first-order chi connectivity index (χ1) is 13.0. The first-order valence-corrected chi connectivity index (χ1v) is 10.7. The molecule has 3 atom stereocenters. The third-order valence-corrected chi connectivity index (χ3v) is 6.83. The fourth-order valence-corrected chi connectivity index (χ4v) is 5.14. The average molecular weight is 373 g/mol. The second kappa shape index (κ2) is 9.20. The van der Waals surface area contributed by atoms with Crippen LogP contribution in [0.2, 0.25) is 0 Å². The van der Waals surface area contributed by atoms with Gasteiger partial charge in [0, 0.05) is 25.7 Å². The van der Waals surface area contributed by atoms with E-state index in [4.69, 9.17) is 0 Å². The fraction of sp³-hybridized carbons (Fsp3) is 0.696. The number of carbonyl (C=O) groups excluding carboxylic acids is 1. The van der Waals surface area contributed by atoms with E-state index in [2.05, 4.69) is 11.8 Å². The average Bonchev–Trinajstić information content (AvgIpc) is 3.21. The van der Waals surface area contributed by atoms with Gasteiger partial charge in [-0.3, -0.25) is 9.69 Å². The Balaban J connectivity index is 1.70. The summed E-state index contributed by atoms with van der Waals surface area (Å²) < 4.78 is 0. The Hall–Kier alpha value is -1.39. The molecule has 27 heavy (non-hydrogen) atoms. The van der Waals surface area contributed by atoms with Gasteiger partial charge in [0.15, 0.2) is 0 Å². The van der Waals surface area contributed by atoms with Crippen LogP contribution < -0.4 is 0 Å². The molecule has 0 radical (unpaired) electrons. The van der Waals surface area contributed by atoms with Gasteiger partial charge in [-0.25, -0.2) is 0 Å². The summed E-state index contributed by atoms with van der Waals surface area (Å²) in [4.78, 5) is 17.7. The van der Waals surface area contributed by atoms with Crippen molar-refractivity contribution in [1.82, 2.24) is 9.80 Å². The zero-order valence-corrected chi connectivity index (χ0v) is 17.1. The topological polar surface area (TPSA) is 43.8 Å². The number of aliphatic hydroxyl groups is 1. The van der Waals surface area contributed by atoms with Gasteiger partial charge < -0.3 is 10.0 Å². The van der Waals surface area contributed by atoms with Crippen molar-refractivity contribution in [2.45, 2.75) is 70.4 Å². The lowest BCUT2D eigenvalue weighted by Crippen LogP contribution is -2.56. The molecule has 0 bridgehead atoms. The molecule has 1 amide bonds. The van der Waals surface area contributed by atoms with E-state index in [1.165, 1.54) is 12.8 Å². The van der Waals surface area contributed by atoms with E-state index in [0.29, 0.717) is 18.5 Å². The third kappa shape index (κ3) is 5.11. The number of carbonyl (C=O) groups is 1. The summed E-state index contributed by atoms with van der Waals surface area (Å²) in [6, 6.07) is 10.8. The van der Waals surface area contributed by atoms with Gasteiger partial charge in [0.2, 0.25) is 5.91 Å². The van der Waals surface area contributed by atoms with Gasteiger partial charge >= 0.3 is 0 Å². The Morgan fingerprint density at radius 3 is 2.63 bits per heavy atom. The first-order valence-electron chi connectivity index (χ1n) is 10.7. The van der Waals surface area contributed by atoms with Crippen molar-refractivity contribution in [3.8, 4) is 0 Å². The SMILES string of the molecule is CN(C(=O)Cc1ccccc1)C1CC[C@@](C)(CCCO)C[C@@H]1N1CCCC1. The minimum Gasteiger partial charge on any atom is -0.396 e. The summed E-state index contributed by atoms with van der Waals surface area (Å²) in [6.07, 6.45) is 8.36. The molecule has 4 heteroatoms. The van der Waals surface area contributed by atoms with Crippen LogP contribution >= 0.6 is 0 Å². The smallest absolute Gasteiger partial charge is 0.227 e. The number of nitrogens with zero attached hydrogens (tertiary/aromatic N) is 2. The predicted octanol–water partition coefficient (Wildman–Crippen LogP) is 3.48. The highest BCUT2D eigenvalue weighted by Gasteiger charge is 2.43. The Labute approximate surface area is 164 Å². The van der Waals surface area contributed by atoms with E-state index in [-0.39, 0.29) is 17.9 Å². The van der Waals surface area contributed by atoms with Gasteiger partial charge in [-0.2, -0.15) is 0 Å². The van der Waals surface area contributed by atoms with E-state index in [9.17, 15) is 9.90 Å². The van der Waals surface area contributed by atoms with Crippen molar-refractivity contribution >= 4 is 5.91 Å². The molecular formula is C23H36N2O2. The van der Waals surface area contributed by atoms with Crippen molar-refractivity contribution < 1.29 is 9.90 Å². The molecule has 1 N–H and O–H groups in total. The number of benzene rings is 1. The second-order valence-electron chi connectivity index (χ2n) is 8.93. The summed E-state index contributed by atoms with van der Waals surface area (Å²) in [5, 5.41) is 9.28. The van der Waals surface area contributed by atoms with Gasteiger partial charge in [-0.05, 0) is 69.0 Å². The summed E-state index contributed by atoms with van der Waals surface area (Å²) in [7, 11) is 2.01. The maximum atomic E-state index is 13.0. The molecule has 1 aromatic rings. The van der Waals surface area contributed by atoms with Crippen molar-refractivity contribution in [1.29, 1.82) is 0 Å². The minimum absolute atomic E-state index is 0.231. The quantitative estimate of drug-likeness (QED) is 0.797. The number of rotatable bonds is 7. The molecule has 2 aliphatic rings. The molecular weight excluding hydrogens is 336 g/mol. The van der Waals surface area contributed by atoms with Gasteiger partial charge in [0.05, 0.1) is 6.42 Å². The van der Waals surface area contributed by atoms with Crippen molar-refractivity contribution in [2.24, 2.45) is 5.41 Å². The van der Waals surface area contributed by atoms with Crippen LogP contribution in [-0.4, -0.2) is 59.6 Å². The molecule has 3 rings (SSSR count). The minimum atomic E-state index is 0.231. The van der Waals surface area contributed by atoms with Gasteiger partial charge in [0.25, 0.3) is 0 Å². The van der Waals surface area contributed by atoms with Gasteiger partial charge in [-0.1, -0.05) is 37.3 Å². The molecule has 1 unspecified atom stereocenters. The van der Waals surface area contributed by atoms with E-state index < -0.39 is 0 Å². The van der Waals surface area contributed by atoms with Crippen molar-refractivity contribution in [3.05, 3.63) is 35.9 Å². The summed E-state index contributed by atoms with van der Waals surface area (Å²) >= 11 is 0. The maximum absolute atomic E-state index is 13.0. The van der Waals surface area contributed by atoms with E-state index in [0.717, 1.165) is 50.8 Å². The highest BCUT2D eigenvalue weighted by atomic mass is 16.3. The standard InChI is InChI=1S/C23H36N2O2/c1-23(12-8-16-26)13-11-20(21(18-23)25-14-6-7-15-25)24(2)22(27)17-19-9-4-3-5-10-19/h3-5,9-10,20-21,26H,6-8,11-18H2,1-2H3/t20?,21-,23+/m0/s1. The Kier molecular flexibility index (Phi) is 6.93. The highest BCUT2D eigenvalue weighted by molar-refractivity contribution is 5.78. The molecule has 0 spiro atoms. The van der Waals surface area contributed by atoms with Crippen molar-refractivity contribution in [3.63, 3.8) is 0 Å². The molecule has 1 heterocycles. The lowest BCUT2D eigenvalue weighted by molar-refractivity contribution is -0.134. The number of likely N-dealkylation sites (N-methyl/N-ethyl adjacent to an activating group) is 1. The van der Waals surface area contributed by atoms with Gasteiger partial charge in [-0.15, -0.1) is 0 Å². The Morgan fingerprint density at radius 2 is 1.96 bits per heavy atom. The zero-order chi connectivity index (χ0) is 19.3. The Morgan fingerprint density at radius 1 is 1.26 bits per heavy atom. The lowest BCUT2D eigenvalue weighted by Gasteiger charge is -2.49. The molecule has 4 nitrogen and oxygen atoms in total. The zero-order valence-electron chi connectivity index (χ0n) is 17.1. The van der Waals surface area contributed by atoms with Crippen LogP contribution in [0.25, 0.3) is 0 Å². The van der Waals surface area contributed by atoms with Crippen LogP contribution in [0.15, 0.2) is 30.3 Å².